The topological polar surface area (TPSA) is 146 Å². The van der Waals surface area contributed by atoms with Crippen LogP contribution in [0.15, 0.2) is 21.1 Å². The molecule has 0 bridgehead atoms. The second-order valence-corrected chi connectivity index (χ2v) is 5.87. The number of ether oxygens (including phenoxy) is 1. The van der Waals surface area contributed by atoms with Gasteiger partial charge in [0.1, 0.15) is 12.3 Å². The highest BCUT2D eigenvalue weighted by molar-refractivity contribution is 6.18. The van der Waals surface area contributed by atoms with Crippen molar-refractivity contribution in [3.8, 4) is 0 Å². The molecule has 138 valence electrons. The van der Waals surface area contributed by atoms with Crippen LogP contribution in [0.25, 0.3) is 0 Å². The molecule has 12 heteroatoms. The van der Waals surface area contributed by atoms with Crippen molar-refractivity contribution in [1.82, 2.24) is 19.9 Å². The van der Waals surface area contributed by atoms with Gasteiger partial charge in [0.15, 0.2) is 0 Å². The number of carbonyl (C=O) groups is 1. The summed E-state index contributed by atoms with van der Waals surface area (Å²) in [6.07, 6.45) is -1.43. The molecule has 2 amide bonds. The molecule has 3 atom stereocenters. The maximum Gasteiger partial charge on any atom is 0.340 e. The van der Waals surface area contributed by atoms with Gasteiger partial charge in [-0.3, -0.25) is 14.3 Å². The first kappa shape index (κ1) is 19.1. The summed E-state index contributed by atoms with van der Waals surface area (Å²) >= 11 is 5.45. The monoisotopic (exact) mass is 375 g/mol. The summed E-state index contributed by atoms with van der Waals surface area (Å²) in [7, 11) is 0. The van der Waals surface area contributed by atoms with E-state index in [0.29, 0.717) is 10.6 Å². The standard InChI is InChI=1S/C13H18ClN5O6/c1-7-5-18(13(23)16-11(7)21)10-4-8(20)9(25-10)6-19(17-24)12(22)15-3-2-14/h5,8-10,20H,2-4,6H2,1H3,(H,15,22)(H,16,21,23)/t8-,9+,10+/m0/s1. The van der Waals surface area contributed by atoms with E-state index in [2.05, 4.69) is 15.6 Å². The lowest BCUT2D eigenvalue weighted by atomic mass is 10.2. The average Bonchev–Trinajstić information content (AvgIpc) is 2.94. The molecule has 1 aromatic heterocycles. The summed E-state index contributed by atoms with van der Waals surface area (Å²) in [6, 6.07) is -0.771. The van der Waals surface area contributed by atoms with Gasteiger partial charge in [-0.05, 0) is 6.92 Å². The number of urea groups is 1. The molecule has 1 fully saturated rings. The number of H-pyrrole nitrogens is 1. The summed E-state index contributed by atoms with van der Waals surface area (Å²) < 4.78 is 6.71. The highest BCUT2D eigenvalue weighted by Crippen LogP contribution is 2.28. The van der Waals surface area contributed by atoms with Crippen LogP contribution in [0, 0.1) is 11.8 Å². The number of nitrogens with one attached hydrogen (secondary N) is 2. The molecule has 1 aliphatic rings. The number of hydrogen-bond donors (Lipinski definition) is 3. The van der Waals surface area contributed by atoms with Gasteiger partial charge in [-0.2, -0.15) is 5.01 Å². The van der Waals surface area contributed by atoms with Crippen LogP contribution in [0.3, 0.4) is 0 Å². The first-order chi connectivity index (χ1) is 11.9. The van der Waals surface area contributed by atoms with Crippen LogP contribution in [0.5, 0.6) is 0 Å². The van der Waals surface area contributed by atoms with E-state index < -0.39 is 35.7 Å². The molecule has 0 aliphatic carbocycles. The summed E-state index contributed by atoms with van der Waals surface area (Å²) in [5.41, 5.74) is -0.889. The Morgan fingerprint density at radius 3 is 2.96 bits per heavy atom. The Morgan fingerprint density at radius 2 is 2.32 bits per heavy atom. The number of halogens is 1. The minimum Gasteiger partial charge on any atom is -0.390 e. The molecule has 1 aliphatic heterocycles. The number of amides is 2. The van der Waals surface area contributed by atoms with Crippen molar-refractivity contribution >= 4 is 17.6 Å². The van der Waals surface area contributed by atoms with Crippen molar-refractivity contribution < 1.29 is 14.6 Å². The molecule has 1 aromatic rings. The fraction of sp³-hybridized carbons (Fsp3) is 0.615. The predicted octanol–water partition coefficient (Wildman–Crippen LogP) is -0.575. The molecule has 11 nitrogen and oxygen atoms in total. The van der Waals surface area contributed by atoms with Gasteiger partial charge in [0.25, 0.3) is 5.56 Å². The Labute approximate surface area is 146 Å². The highest BCUT2D eigenvalue weighted by atomic mass is 35.5. The molecule has 0 unspecified atom stereocenters. The van der Waals surface area contributed by atoms with Gasteiger partial charge in [-0.25, -0.2) is 9.59 Å². The van der Waals surface area contributed by atoms with Gasteiger partial charge in [-0.1, -0.05) is 0 Å². The van der Waals surface area contributed by atoms with Crippen molar-refractivity contribution in [2.75, 3.05) is 19.0 Å². The van der Waals surface area contributed by atoms with E-state index in [1.807, 2.05) is 0 Å². The first-order valence-corrected chi connectivity index (χ1v) is 8.01. The molecule has 1 saturated heterocycles. The zero-order valence-corrected chi connectivity index (χ0v) is 14.1. The Bertz CT molecular complexity index is 749. The van der Waals surface area contributed by atoms with Gasteiger partial charge in [0.2, 0.25) is 0 Å². The van der Waals surface area contributed by atoms with Crippen LogP contribution >= 0.6 is 11.6 Å². The summed E-state index contributed by atoms with van der Waals surface area (Å²) in [4.78, 5) is 48.0. The first-order valence-electron chi connectivity index (χ1n) is 7.47. The molecule has 0 aromatic carbocycles. The lowest BCUT2D eigenvalue weighted by molar-refractivity contribution is -0.0313. The molecule has 2 heterocycles. The number of aromatic nitrogens is 2. The van der Waals surface area contributed by atoms with Gasteiger partial charge >= 0.3 is 11.7 Å². The van der Waals surface area contributed by atoms with Gasteiger partial charge in [-0.15, -0.1) is 16.5 Å². The van der Waals surface area contributed by atoms with E-state index >= 15 is 0 Å². The number of aliphatic hydroxyl groups is 1. The number of aryl methyl sites for hydroxylation is 1. The van der Waals surface area contributed by atoms with E-state index in [0.717, 1.165) is 4.57 Å². The minimum absolute atomic E-state index is 0.0477. The number of rotatable bonds is 6. The quantitative estimate of drug-likeness (QED) is 0.344. The second kappa shape index (κ2) is 8.23. The average molecular weight is 376 g/mol. The van der Waals surface area contributed by atoms with Gasteiger partial charge < -0.3 is 15.2 Å². The Hall–Kier alpha value is -2.24. The molecule has 2 rings (SSSR count). The van der Waals surface area contributed by atoms with Crippen LogP contribution in [-0.2, 0) is 4.74 Å². The van der Waals surface area contributed by atoms with Crippen LogP contribution in [0.2, 0.25) is 0 Å². The number of nitroso groups, excluding NO2 is 1. The van der Waals surface area contributed by atoms with Crippen molar-refractivity contribution in [3.05, 3.63) is 37.5 Å². The van der Waals surface area contributed by atoms with Crippen molar-refractivity contribution in [1.29, 1.82) is 0 Å². The number of nitrogens with zero attached hydrogens (tertiary/aromatic N) is 3. The van der Waals surface area contributed by atoms with Crippen LogP contribution in [-0.4, -0.2) is 56.9 Å². The van der Waals surface area contributed by atoms with Crippen molar-refractivity contribution in [2.45, 2.75) is 31.8 Å². The fourth-order valence-electron chi connectivity index (χ4n) is 2.42. The number of aromatic amines is 1. The highest BCUT2D eigenvalue weighted by Gasteiger charge is 2.37. The summed E-state index contributed by atoms with van der Waals surface area (Å²) in [5.74, 6) is 0.164. The molecule has 0 radical (unpaired) electrons. The zero-order valence-electron chi connectivity index (χ0n) is 13.3. The molecule has 0 saturated carbocycles. The molecular weight excluding hydrogens is 358 g/mol. The third kappa shape index (κ3) is 4.44. The maximum absolute atomic E-state index is 11.9. The summed E-state index contributed by atoms with van der Waals surface area (Å²) in [6.45, 7) is 1.37. The van der Waals surface area contributed by atoms with Crippen LogP contribution < -0.4 is 16.6 Å². The SMILES string of the molecule is Cc1cn([C@H]2C[C@H](O)[C@@H](CN(N=O)C(=O)NCCCl)O2)c(=O)[nH]c1=O. The number of aliphatic hydroxyl groups excluding tert-OH is 1. The molecule has 25 heavy (non-hydrogen) atoms. The van der Waals surface area contributed by atoms with E-state index in [1.54, 1.807) is 0 Å². The van der Waals surface area contributed by atoms with E-state index in [1.165, 1.54) is 13.1 Å². The number of alkyl halides is 1. The van der Waals surface area contributed by atoms with Crippen molar-refractivity contribution in [2.24, 2.45) is 5.29 Å². The van der Waals surface area contributed by atoms with Crippen molar-refractivity contribution in [3.63, 3.8) is 0 Å². The smallest absolute Gasteiger partial charge is 0.340 e. The van der Waals surface area contributed by atoms with E-state index in [9.17, 15) is 24.4 Å². The lowest BCUT2D eigenvalue weighted by Crippen LogP contribution is -2.43. The van der Waals surface area contributed by atoms with E-state index in [4.69, 9.17) is 16.3 Å². The Kier molecular flexibility index (Phi) is 6.28. The third-order valence-electron chi connectivity index (χ3n) is 3.72. The fourth-order valence-corrected chi connectivity index (χ4v) is 2.51. The number of hydrogen-bond acceptors (Lipinski definition) is 7. The van der Waals surface area contributed by atoms with E-state index in [-0.39, 0.29) is 25.4 Å². The predicted molar refractivity (Wildman–Crippen MR) is 87.2 cm³/mol. The van der Waals surface area contributed by atoms with Crippen LogP contribution in [0.1, 0.15) is 18.2 Å². The molecular formula is C13H18ClN5O6. The zero-order chi connectivity index (χ0) is 18.6. The largest absolute Gasteiger partial charge is 0.390 e. The third-order valence-corrected chi connectivity index (χ3v) is 3.91. The van der Waals surface area contributed by atoms with Crippen LogP contribution in [0.4, 0.5) is 4.79 Å². The maximum atomic E-state index is 11.9. The minimum atomic E-state index is -1.03. The lowest BCUT2D eigenvalue weighted by Gasteiger charge is -2.20. The van der Waals surface area contributed by atoms with Gasteiger partial charge in [0.05, 0.1) is 17.9 Å². The molecule has 3 N–H and O–H groups in total. The number of carbonyl (C=O) groups excluding carboxylic acids is 1. The summed E-state index contributed by atoms with van der Waals surface area (Å²) in [5, 5.41) is 15.6. The normalized spacial score (nSPS) is 22.6. The Morgan fingerprint density at radius 1 is 1.60 bits per heavy atom. The second-order valence-electron chi connectivity index (χ2n) is 5.50. The van der Waals surface area contributed by atoms with Gasteiger partial charge in [0, 0.05) is 30.6 Å². The Balaban J connectivity index is 2.09. The molecule has 0 spiro atoms.